The maximum atomic E-state index is 6.05. The molecule has 0 atom stereocenters. The molecule has 0 fully saturated rings. The molecule has 2 rings (SSSR count). The molecule has 0 saturated heterocycles. The van der Waals surface area contributed by atoms with Gasteiger partial charge in [-0.25, -0.2) is 4.98 Å². The normalized spacial score (nSPS) is 10.8. The summed E-state index contributed by atoms with van der Waals surface area (Å²) in [6.07, 6.45) is 4.82. The molecule has 5 heteroatoms. The summed E-state index contributed by atoms with van der Waals surface area (Å²) < 4.78 is 9.17. The molecule has 0 amide bonds. The van der Waals surface area contributed by atoms with E-state index >= 15 is 0 Å². The summed E-state index contributed by atoms with van der Waals surface area (Å²) in [5.74, 6) is 0.905. The van der Waals surface area contributed by atoms with E-state index in [1.54, 1.807) is 0 Å². The number of nitrogens with one attached hydrogen (secondary N) is 1. The van der Waals surface area contributed by atoms with Gasteiger partial charge in [0.1, 0.15) is 12.4 Å². The summed E-state index contributed by atoms with van der Waals surface area (Å²) >= 11 is 3.58. The first-order valence-electron chi connectivity index (χ1n) is 7.36. The average molecular weight is 352 g/mol. The van der Waals surface area contributed by atoms with Gasteiger partial charge in [-0.05, 0) is 35.0 Å². The summed E-state index contributed by atoms with van der Waals surface area (Å²) in [6.45, 7) is 7.50. The second-order valence-electron chi connectivity index (χ2n) is 4.88. The van der Waals surface area contributed by atoms with Crippen LogP contribution in [0, 0.1) is 0 Å². The summed E-state index contributed by atoms with van der Waals surface area (Å²) in [7, 11) is 0. The van der Waals surface area contributed by atoms with Gasteiger partial charge in [-0.3, -0.25) is 0 Å². The van der Waals surface area contributed by atoms with Crippen molar-refractivity contribution in [2.24, 2.45) is 0 Å². The molecule has 4 nitrogen and oxygen atoms in total. The number of ether oxygens (including phenoxy) is 1. The lowest BCUT2D eigenvalue weighted by Crippen LogP contribution is -2.13. The van der Waals surface area contributed by atoms with Gasteiger partial charge in [-0.2, -0.15) is 0 Å². The van der Waals surface area contributed by atoms with Crippen molar-refractivity contribution in [1.82, 2.24) is 14.9 Å². The Morgan fingerprint density at radius 2 is 2.19 bits per heavy atom. The molecule has 1 heterocycles. The minimum absolute atomic E-state index is 0.530. The third-order valence-electron chi connectivity index (χ3n) is 3.24. The lowest BCUT2D eigenvalue weighted by atomic mass is 10.2. The molecule has 1 N–H and O–H groups in total. The van der Waals surface area contributed by atoms with Crippen LogP contribution in [0.3, 0.4) is 0 Å². The second kappa shape index (κ2) is 8.20. The van der Waals surface area contributed by atoms with Gasteiger partial charge in [0, 0.05) is 18.7 Å². The Morgan fingerprint density at radius 1 is 1.33 bits per heavy atom. The Hall–Kier alpha value is -1.33. The van der Waals surface area contributed by atoms with Gasteiger partial charge in [-0.1, -0.05) is 26.0 Å². The Balaban J connectivity index is 2.10. The van der Waals surface area contributed by atoms with E-state index in [1.165, 1.54) is 0 Å². The quantitative estimate of drug-likeness (QED) is 0.787. The van der Waals surface area contributed by atoms with Crippen molar-refractivity contribution in [3.05, 3.63) is 46.5 Å². The van der Waals surface area contributed by atoms with Gasteiger partial charge in [0.2, 0.25) is 0 Å². The van der Waals surface area contributed by atoms with Gasteiger partial charge >= 0.3 is 0 Å². The molecule has 0 saturated carbocycles. The fourth-order valence-corrected chi connectivity index (χ4v) is 2.69. The van der Waals surface area contributed by atoms with Gasteiger partial charge in [0.05, 0.1) is 22.7 Å². The molecule has 0 aliphatic carbocycles. The van der Waals surface area contributed by atoms with E-state index in [9.17, 15) is 0 Å². The Kier molecular flexibility index (Phi) is 6.26. The van der Waals surface area contributed by atoms with Crippen molar-refractivity contribution in [1.29, 1.82) is 0 Å². The lowest BCUT2D eigenvalue weighted by Gasteiger charge is -2.14. The van der Waals surface area contributed by atoms with Gasteiger partial charge in [0.15, 0.2) is 0 Å². The van der Waals surface area contributed by atoms with E-state index in [2.05, 4.69) is 50.7 Å². The number of rotatable bonds is 8. The van der Waals surface area contributed by atoms with Gasteiger partial charge in [0.25, 0.3) is 0 Å². The number of imidazole rings is 1. The van der Waals surface area contributed by atoms with Crippen LogP contribution in [0.5, 0.6) is 5.75 Å². The molecular weight excluding hydrogens is 330 g/mol. The summed E-state index contributed by atoms with van der Waals surface area (Å²) in [6, 6.07) is 6.13. The van der Waals surface area contributed by atoms with E-state index in [1.807, 2.05) is 24.7 Å². The first-order valence-corrected chi connectivity index (χ1v) is 8.15. The highest BCUT2D eigenvalue weighted by Gasteiger charge is 2.09. The Bertz CT molecular complexity index is 568. The molecule has 0 spiro atoms. The summed E-state index contributed by atoms with van der Waals surface area (Å²) in [5.41, 5.74) is 2.26. The minimum atomic E-state index is 0.530. The number of para-hydroxylation sites is 1. The van der Waals surface area contributed by atoms with Crippen LogP contribution in [0.4, 0.5) is 0 Å². The third kappa shape index (κ3) is 4.32. The van der Waals surface area contributed by atoms with E-state index in [4.69, 9.17) is 4.74 Å². The third-order valence-corrected chi connectivity index (χ3v) is 3.87. The monoisotopic (exact) mass is 351 g/mol. The zero-order chi connectivity index (χ0) is 15.1. The number of aromatic nitrogens is 2. The van der Waals surface area contributed by atoms with Crippen molar-refractivity contribution in [3.63, 3.8) is 0 Å². The number of hydrogen-bond acceptors (Lipinski definition) is 3. The number of aryl methyl sites for hydroxylation is 1. The number of nitrogens with zero attached hydrogens (tertiary/aromatic N) is 2. The van der Waals surface area contributed by atoms with Gasteiger partial charge < -0.3 is 14.6 Å². The van der Waals surface area contributed by atoms with Crippen LogP contribution in [0.2, 0.25) is 0 Å². The van der Waals surface area contributed by atoms with Crippen LogP contribution in [0.25, 0.3) is 0 Å². The van der Waals surface area contributed by atoms with Crippen molar-refractivity contribution < 1.29 is 4.74 Å². The predicted octanol–water partition coefficient (Wildman–Crippen LogP) is 3.74. The first kappa shape index (κ1) is 16.0. The van der Waals surface area contributed by atoms with Crippen molar-refractivity contribution in [2.75, 3.05) is 6.54 Å². The highest BCUT2D eigenvalue weighted by atomic mass is 79.9. The molecule has 0 aliphatic heterocycles. The highest BCUT2D eigenvalue weighted by molar-refractivity contribution is 9.10. The van der Waals surface area contributed by atoms with E-state index in [0.29, 0.717) is 6.61 Å². The fourth-order valence-electron chi connectivity index (χ4n) is 2.17. The van der Waals surface area contributed by atoms with E-state index in [-0.39, 0.29) is 0 Å². The smallest absolute Gasteiger partial charge is 0.138 e. The molecule has 0 aliphatic rings. The van der Waals surface area contributed by atoms with Crippen LogP contribution >= 0.6 is 15.9 Å². The van der Waals surface area contributed by atoms with Gasteiger partial charge in [-0.15, -0.1) is 0 Å². The predicted molar refractivity (Wildman–Crippen MR) is 88.4 cm³/mol. The molecule has 21 heavy (non-hydrogen) atoms. The molecular formula is C16H22BrN3O. The molecule has 0 radical (unpaired) electrons. The van der Waals surface area contributed by atoms with Crippen LogP contribution in [-0.4, -0.2) is 16.1 Å². The summed E-state index contributed by atoms with van der Waals surface area (Å²) in [5, 5.41) is 3.34. The topological polar surface area (TPSA) is 39.1 Å². The van der Waals surface area contributed by atoms with Crippen LogP contribution in [0.1, 0.15) is 31.5 Å². The fraction of sp³-hybridized carbons (Fsp3) is 0.438. The first-order chi connectivity index (χ1) is 10.3. The van der Waals surface area contributed by atoms with Crippen LogP contribution in [0.15, 0.2) is 35.2 Å². The standard InChI is InChI=1S/C16H22BrN3O/c1-3-8-20-12-19-10-14(20)11-21-16-13(9-18-4-2)6-5-7-15(16)17/h5-7,10,12,18H,3-4,8-9,11H2,1-2H3. The molecule has 1 aromatic heterocycles. The van der Waals surface area contributed by atoms with E-state index in [0.717, 1.165) is 47.5 Å². The Labute approximate surface area is 134 Å². The number of halogens is 1. The maximum Gasteiger partial charge on any atom is 0.138 e. The molecule has 0 unspecified atom stereocenters. The molecule has 2 aromatic rings. The average Bonchev–Trinajstić information content (AvgIpc) is 2.92. The van der Waals surface area contributed by atoms with Crippen LogP contribution < -0.4 is 10.1 Å². The van der Waals surface area contributed by atoms with Crippen molar-refractivity contribution in [2.45, 2.75) is 40.0 Å². The van der Waals surface area contributed by atoms with Crippen molar-refractivity contribution in [3.8, 4) is 5.75 Å². The largest absolute Gasteiger partial charge is 0.486 e. The number of hydrogen-bond donors (Lipinski definition) is 1. The zero-order valence-electron chi connectivity index (χ0n) is 12.6. The lowest BCUT2D eigenvalue weighted by molar-refractivity contribution is 0.289. The highest BCUT2D eigenvalue weighted by Crippen LogP contribution is 2.29. The minimum Gasteiger partial charge on any atom is -0.486 e. The number of benzene rings is 1. The van der Waals surface area contributed by atoms with E-state index < -0.39 is 0 Å². The molecule has 114 valence electrons. The Morgan fingerprint density at radius 3 is 2.95 bits per heavy atom. The second-order valence-corrected chi connectivity index (χ2v) is 5.73. The maximum absolute atomic E-state index is 6.05. The summed E-state index contributed by atoms with van der Waals surface area (Å²) in [4.78, 5) is 4.21. The molecule has 0 bridgehead atoms. The SMILES string of the molecule is CCCn1cncc1COc1c(Br)cccc1CNCC. The van der Waals surface area contributed by atoms with Crippen LogP contribution in [-0.2, 0) is 19.7 Å². The van der Waals surface area contributed by atoms with Crippen molar-refractivity contribution >= 4 is 15.9 Å². The molecule has 1 aromatic carbocycles. The zero-order valence-corrected chi connectivity index (χ0v) is 14.2.